The third-order valence-corrected chi connectivity index (χ3v) is 5.93. The molecule has 166 valence electrons. The lowest BCUT2D eigenvalue weighted by Crippen LogP contribution is -2.12. The Kier molecular flexibility index (Phi) is 8.48. The molecule has 0 unspecified atom stereocenters. The number of thioether (sulfide) groups is 1. The van der Waals surface area contributed by atoms with Crippen molar-refractivity contribution in [2.75, 3.05) is 6.79 Å². The van der Waals surface area contributed by atoms with Gasteiger partial charge in [-0.25, -0.2) is 4.98 Å². The molecule has 31 heavy (non-hydrogen) atoms. The zero-order chi connectivity index (χ0) is 22.2. The minimum atomic E-state index is -0.871. The average Bonchev–Trinajstić information content (AvgIpc) is 3.20. The number of carboxylic acids is 1. The number of carboxylic acid groups (broad SMARTS) is 1. The highest BCUT2D eigenvalue weighted by Gasteiger charge is 2.21. The van der Waals surface area contributed by atoms with E-state index in [4.69, 9.17) is 26.2 Å². The molecule has 1 aliphatic carbocycles. The summed E-state index contributed by atoms with van der Waals surface area (Å²) in [4.78, 5) is 35.7. The summed E-state index contributed by atoms with van der Waals surface area (Å²) >= 11 is 7.52. The molecule has 10 heteroatoms. The largest absolute Gasteiger partial charge is 0.481 e. The van der Waals surface area contributed by atoms with E-state index < -0.39 is 11.9 Å². The molecule has 3 rings (SSSR count). The van der Waals surface area contributed by atoms with E-state index >= 15 is 0 Å². The number of hydrogen-bond acceptors (Lipinski definition) is 8. The normalized spacial score (nSPS) is 12.5. The van der Waals surface area contributed by atoms with Crippen LogP contribution in [0.2, 0.25) is 5.02 Å². The van der Waals surface area contributed by atoms with E-state index in [2.05, 4.69) is 15.0 Å². The highest BCUT2D eigenvalue weighted by molar-refractivity contribution is 7.98. The number of carbonyl (C=O) groups is 2. The van der Waals surface area contributed by atoms with Crippen molar-refractivity contribution >= 4 is 35.3 Å². The molecule has 0 fully saturated rings. The molecule has 0 radical (unpaired) electrons. The van der Waals surface area contributed by atoms with Crippen LogP contribution < -0.4 is 4.74 Å². The van der Waals surface area contributed by atoms with Gasteiger partial charge in [0.1, 0.15) is 0 Å². The number of ether oxygens (including phenoxy) is 2. The first-order valence-electron chi connectivity index (χ1n) is 10.1. The highest BCUT2D eigenvalue weighted by atomic mass is 35.5. The molecule has 1 aliphatic rings. The minimum Gasteiger partial charge on any atom is -0.481 e. The van der Waals surface area contributed by atoms with Crippen LogP contribution in [0.3, 0.4) is 0 Å². The van der Waals surface area contributed by atoms with Crippen molar-refractivity contribution in [3.05, 3.63) is 39.8 Å². The van der Waals surface area contributed by atoms with Crippen molar-refractivity contribution < 1.29 is 24.2 Å². The number of aliphatic carboxylic acids is 1. The van der Waals surface area contributed by atoms with Gasteiger partial charge in [0.15, 0.2) is 5.16 Å². The van der Waals surface area contributed by atoms with Crippen molar-refractivity contribution in [3.63, 3.8) is 0 Å². The van der Waals surface area contributed by atoms with Crippen LogP contribution in [-0.2, 0) is 32.9 Å². The summed E-state index contributed by atoms with van der Waals surface area (Å²) in [5, 5.41) is 9.80. The molecule has 0 amide bonds. The molecule has 0 atom stereocenters. The molecular weight excluding hydrogens is 442 g/mol. The van der Waals surface area contributed by atoms with Crippen LogP contribution in [0, 0.1) is 6.92 Å². The van der Waals surface area contributed by atoms with Gasteiger partial charge in [-0.3, -0.25) is 14.6 Å². The molecule has 0 saturated heterocycles. The lowest BCUT2D eigenvalue weighted by molar-refractivity contribution is -0.150. The monoisotopic (exact) mass is 465 g/mol. The topological polar surface area (TPSA) is 112 Å². The van der Waals surface area contributed by atoms with Crippen LogP contribution in [0.4, 0.5) is 0 Å². The second kappa shape index (κ2) is 11.3. The maximum atomic E-state index is 11.8. The smallest absolute Gasteiger partial charge is 0.308 e. The maximum Gasteiger partial charge on any atom is 0.308 e. The van der Waals surface area contributed by atoms with Crippen LogP contribution in [-0.4, -0.2) is 38.8 Å². The Bertz CT molecular complexity index is 957. The standard InChI is InChI=1S/C21H24ClN3O5S/c1-13-14(9-15(22)10-23-13)11-31-21-24-17-6-4-5-16(17)20(25-21)30-12-29-19(28)8-3-2-7-18(26)27/h9-10H,2-8,11-12H2,1H3,(H,26,27). The third kappa shape index (κ3) is 7.07. The number of nitrogens with zero attached hydrogens (tertiary/aromatic N) is 3. The van der Waals surface area contributed by atoms with Crippen LogP contribution >= 0.6 is 23.4 Å². The fraction of sp³-hybridized carbons (Fsp3) is 0.476. The molecule has 0 bridgehead atoms. The average molecular weight is 466 g/mol. The number of rotatable bonds is 11. The Balaban J connectivity index is 1.55. The second-order valence-corrected chi connectivity index (χ2v) is 8.54. The highest BCUT2D eigenvalue weighted by Crippen LogP contribution is 2.32. The Hall–Kier alpha value is -2.39. The van der Waals surface area contributed by atoms with Crippen molar-refractivity contribution in [1.82, 2.24) is 15.0 Å². The fourth-order valence-electron chi connectivity index (χ4n) is 3.17. The van der Waals surface area contributed by atoms with Gasteiger partial charge in [-0.15, -0.1) is 0 Å². The lowest BCUT2D eigenvalue weighted by atomic mass is 10.2. The predicted octanol–water partition coefficient (Wildman–Crippen LogP) is 4.14. The van der Waals surface area contributed by atoms with E-state index in [-0.39, 0.29) is 19.6 Å². The number of pyridine rings is 1. The summed E-state index contributed by atoms with van der Waals surface area (Å²) in [5.74, 6) is -0.216. The number of esters is 1. The first-order valence-corrected chi connectivity index (χ1v) is 11.4. The third-order valence-electron chi connectivity index (χ3n) is 4.83. The molecule has 0 aliphatic heterocycles. The van der Waals surface area contributed by atoms with Gasteiger partial charge in [0.25, 0.3) is 0 Å². The Morgan fingerprint density at radius 1 is 1.23 bits per heavy atom. The molecular formula is C21H24ClN3O5S. The summed E-state index contributed by atoms with van der Waals surface area (Å²) in [6.07, 6.45) is 5.40. The first kappa shape index (κ1) is 23.3. The van der Waals surface area contributed by atoms with Gasteiger partial charge < -0.3 is 14.6 Å². The summed E-state index contributed by atoms with van der Waals surface area (Å²) < 4.78 is 10.8. The van der Waals surface area contributed by atoms with Gasteiger partial charge in [-0.1, -0.05) is 23.4 Å². The number of carbonyl (C=O) groups excluding carboxylic acids is 1. The maximum absolute atomic E-state index is 11.8. The van der Waals surface area contributed by atoms with E-state index in [1.54, 1.807) is 6.20 Å². The zero-order valence-corrected chi connectivity index (χ0v) is 18.8. The van der Waals surface area contributed by atoms with Gasteiger partial charge >= 0.3 is 11.9 Å². The number of hydrogen-bond donors (Lipinski definition) is 1. The molecule has 0 aromatic carbocycles. The molecule has 2 aromatic heterocycles. The molecule has 0 saturated carbocycles. The summed E-state index contributed by atoms with van der Waals surface area (Å²) in [7, 11) is 0. The molecule has 8 nitrogen and oxygen atoms in total. The van der Waals surface area contributed by atoms with Gasteiger partial charge in [-0.2, -0.15) is 4.98 Å². The van der Waals surface area contributed by atoms with Crippen molar-refractivity contribution in [3.8, 4) is 5.88 Å². The van der Waals surface area contributed by atoms with Gasteiger partial charge in [-0.05, 0) is 50.7 Å². The fourth-order valence-corrected chi connectivity index (χ4v) is 4.25. The second-order valence-electron chi connectivity index (χ2n) is 7.16. The summed E-state index contributed by atoms with van der Waals surface area (Å²) in [6.45, 7) is 1.70. The van der Waals surface area contributed by atoms with Gasteiger partial charge in [0.2, 0.25) is 12.7 Å². The van der Waals surface area contributed by atoms with Crippen molar-refractivity contribution in [1.29, 1.82) is 0 Å². The molecule has 2 heterocycles. The number of aromatic nitrogens is 3. The first-order chi connectivity index (χ1) is 14.9. The lowest BCUT2D eigenvalue weighted by Gasteiger charge is -2.12. The number of halogens is 1. The Labute approximate surface area is 189 Å². The van der Waals surface area contributed by atoms with E-state index in [1.165, 1.54) is 11.8 Å². The van der Waals surface area contributed by atoms with Crippen LogP contribution in [0.25, 0.3) is 0 Å². The van der Waals surface area contributed by atoms with Crippen molar-refractivity contribution in [2.24, 2.45) is 0 Å². The summed E-state index contributed by atoms with van der Waals surface area (Å²) in [5.41, 5.74) is 3.85. The molecule has 1 N–H and O–H groups in total. The van der Waals surface area contributed by atoms with Crippen LogP contribution in [0.15, 0.2) is 17.4 Å². The molecule has 2 aromatic rings. The molecule has 0 spiro atoms. The van der Waals surface area contributed by atoms with E-state index in [9.17, 15) is 9.59 Å². The summed E-state index contributed by atoms with van der Waals surface area (Å²) in [6, 6.07) is 1.89. The van der Waals surface area contributed by atoms with Crippen LogP contribution in [0.5, 0.6) is 5.88 Å². The van der Waals surface area contributed by atoms with Crippen LogP contribution in [0.1, 0.15) is 54.6 Å². The number of fused-ring (bicyclic) bond motifs is 1. The minimum absolute atomic E-state index is 0.0437. The SMILES string of the molecule is Cc1ncc(Cl)cc1CSc1nc2c(c(OCOC(=O)CCCCC(=O)O)n1)CCC2. The van der Waals surface area contributed by atoms with E-state index in [1.807, 2.05) is 13.0 Å². The Morgan fingerprint density at radius 3 is 2.84 bits per heavy atom. The Morgan fingerprint density at radius 2 is 2.03 bits per heavy atom. The number of unbranched alkanes of at least 4 members (excludes halogenated alkanes) is 1. The van der Waals surface area contributed by atoms with Gasteiger partial charge in [0, 0.05) is 36.0 Å². The van der Waals surface area contributed by atoms with Crippen molar-refractivity contribution in [2.45, 2.75) is 62.8 Å². The van der Waals surface area contributed by atoms with E-state index in [0.29, 0.717) is 34.7 Å². The predicted molar refractivity (Wildman–Crippen MR) is 115 cm³/mol. The number of aryl methyl sites for hydroxylation is 2. The van der Waals surface area contributed by atoms with Gasteiger partial charge in [0.05, 0.1) is 10.7 Å². The quantitative estimate of drug-likeness (QED) is 0.172. The van der Waals surface area contributed by atoms with E-state index in [0.717, 1.165) is 41.8 Å². The zero-order valence-electron chi connectivity index (χ0n) is 17.2.